The quantitative estimate of drug-likeness (QED) is 0.593. The van der Waals surface area contributed by atoms with Gasteiger partial charge in [0, 0.05) is 17.6 Å². The van der Waals surface area contributed by atoms with Crippen LogP contribution in [0.15, 0.2) is 48.0 Å². The zero-order chi connectivity index (χ0) is 14.7. The van der Waals surface area contributed by atoms with Gasteiger partial charge in [0.2, 0.25) is 0 Å². The molecule has 0 saturated carbocycles. The van der Waals surface area contributed by atoms with Crippen molar-refractivity contribution in [2.75, 3.05) is 24.7 Å². The normalized spacial score (nSPS) is 13.8. The Balaban J connectivity index is 2.29. The number of rotatable bonds is 6. The third-order valence-electron chi connectivity index (χ3n) is 3.05. The van der Waals surface area contributed by atoms with Crippen LogP contribution < -0.4 is 4.90 Å². The fraction of sp³-hybridized carbons (Fsp3) is 0.200. The maximum atomic E-state index is 12.1. The Kier molecular flexibility index (Phi) is 4.52. The van der Waals surface area contributed by atoms with Crippen molar-refractivity contribution in [2.24, 2.45) is 0 Å². The topological polar surface area (TPSA) is 40.6 Å². The lowest BCUT2D eigenvalue weighted by atomic mass is 10.1. The summed E-state index contributed by atoms with van der Waals surface area (Å²) in [5.41, 5.74) is 1.10. The van der Waals surface area contributed by atoms with Crippen molar-refractivity contribution in [2.45, 2.75) is 0 Å². The molecule has 0 unspecified atom stereocenters. The molecule has 1 heterocycles. The molecule has 0 aliphatic carbocycles. The summed E-state index contributed by atoms with van der Waals surface area (Å²) in [6, 6.07) is 5.28. The van der Waals surface area contributed by atoms with Gasteiger partial charge in [-0.25, -0.2) is 0 Å². The molecule has 0 fully saturated rings. The van der Waals surface area contributed by atoms with Crippen molar-refractivity contribution < 1.29 is 9.59 Å². The molecule has 0 bridgehead atoms. The van der Waals surface area contributed by atoms with E-state index in [2.05, 4.69) is 29.1 Å². The van der Waals surface area contributed by atoms with Crippen LogP contribution in [0.4, 0.5) is 5.69 Å². The van der Waals surface area contributed by atoms with E-state index >= 15 is 0 Å². The molecule has 0 aromatic heterocycles. The highest BCUT2D eigenvalue weighted by Gasteiger charge is 2.36. The number of nitrogens with zero attached hydrogens (tertiary/aromatic N) is 2. The van der Waals surface area contributed by atoms with Gasteiger partial charge in [0.15, 0.2) is 0 Å². The van der Waals surface area contributed by atoms with E-state index in [-0.39, 0.29) is 0 Å². The fourth-order valence-electron chi connectivity index (χ4n) is 2.17. The summed E-state index contributed by atoms with van der Waals surface area (Å²) >= 11 is 3.31. The van der Waals surface area contributed by atoms with Gasteiger partial charge < -0.3 is 0 Å². The van der Waals surface area contributed by atoms with E-state index in [4.69, 9.17) is 0 Å². The third kappa shape index (κ3) is 2.73. The SMILES string of the molecule is C=CCN(CC=C)CN1C(=O)C(=O)c2cc(Br)ccc21. The number of Topliss-reactive ketones (excluding diaryl/α,β-unsaturated/α-hetero) is 1. The zero-order valence-electron chi connectivity index (χ0n) is 11.0. The van der Waals surface area contributed by atoms with Crippen LogP contribution in [-0.4, -0.2) is 36.3 Å². The van der Waals surface area contributed by atoms with Gasteiger partial charge in [0.05, 0.1) is 17.9 Å². The van der Waals surface area contributed by atoms with Crippen molar-refractivity contribution in [3.05, 3.63) is 53.5 Å². The molecule has 1 amide bonds. The molecule has 104 valence electrons. The van der Waals surface area contributed by atoms with Crippen molar-refractivity contribution in [3.63, 3.8) is 0 Å². The van der Waals surface area contributed by atoms with Gasteiger partial charge in [0.25, 0.3) is 5.78 Å². The number of benzene rings is 1. The lowest BCUT2D eigenvalue weighted by Gasteiger charge is -2.25. The first-order chi connectivity index (χ1) is 9.58. The molecule has 0 atom stereocenters. The molecule has 20 heavy (non-hydrogen) atoms. The van der Waals surface area contributed by atoms with E-state index in [9.17, 15) is 9.59 Å². The Morgan fingerprint density at radius 2 is 1.85 bits per heavy atom. The summed E-state index contributed by atoms with van der Waals surface area (Å²) in [4.78, 5) is 27.6. The van der Waals surface area contributed by atoms with Crippen LogP contribution in [0, 0.1) is 0 Å². The molecule has 4 nitrogen and oxygen atoms in total. The van der Waals surface area contributed by atoms with Gasteiger partial charge >= 0.3 is 5.91 Å². The molecule has 0 radical (unpaired) electrons. The van der Waals surface area contributed by atoms with Crippen LogP contribution in [0.25, 0.3) is 0 Å². The number of carbonyl (C=O) groups is 2. The number of amides is 1. The molecule has 1 aliphatic rings. The molecule has 1 aromatic carbocycles. The summed E-state index contributed by atoms with van der Waals surface area (Å²) in [6.45, 7) is 8.98. The van der Waals surface area contributed by atoms with Crippen molar-refractivity contribution in [3.8, 4) is 0 Å². The summed E-state index contributed by atoms with van der Waals surface area (Å²) in [6.07, 6.45) is 3.52. The molecule has 5 heteroatoms. The number of halogens is 1. The first-order valence-electron chi connectivity index (χ1n) is 6.18. The number of hydrogen-bond donors (Lipinski definition) is 0. The summed E-state index contributed by atoms with van der Waals surface area (Å²) in [7, 11) is 0. The van der Waals surface area contributed by atoms with Gasteiger partial charge in [-0.1, -0.05) is 28.1 Å². The van der Waals surface area contributed by atoms with E-state index in [1.165, 1.54) is 4.90 Å². The van der Waals surface area contributed by atoms with Crippen molar-refractivity contribution in [1.29, 1.82) is 0 Å². The number of ketones is 1. The number of hydrogen-bond acceptors (Lipinski definition) is 3. The van der Waals surface area contributed by atoms with Gasteiger partial charge in [-0.05, 0) is 18.2 Å². The van der Waals surface area contributed by atoms with Gasteiger partial charge in [-0.3, -0.25) is 19.4 Å². The number of carbonyl (C=O) groups excluding carboxylic acids is 2. The fourth-order valence-corrected chi connectivity index (χ4v) is 2.53. The van der Waals surface area contributed by atoms with Crippen LogP contribution >= 0.6 is 15.9 Å². The molecule has 1 aliphatic heterocycles. The second-order valence-corrected chi connectivity index (χ2v) is 5.39. The highest BCUT2D eigenvalue weighted by atomic mass is 79.9. The maximum absolute atomic E-state index is 12.1. The summed E-state index contributed by atoms with van der Waals surface area (Å²) in [5, 5.41) is 0. The highest BCUT2D eigenvalue weighted by molar-refractivity contribution is 9.10. The second kappa shape index (κ2) is 6.15. The molecule has 0 saturated heterocycles. The smallest absolute Gasteiger partial charge is 0.291 e. The summed E-state index contributed by atoms with van der Waals surface area (Å²) < 4.78 is 0.785. The van der Waals surface area contributed by atoms with Gasteiger partial charge in [0.1, 0.15) is 0 Å². The van der Waals surface area contributed by atoms with Gasteiger partial charge in [-0.15, -0.1) is 13.2 Å². The monoisotopic (exact) mass is 334 g/mol. The first-order valence-corrected chi connectivity index (χ1v) is 6.97. The minimum Gasteiger partial charge on any atom is -0.291 e. The Morgan fingerprint density at radius 1 is 1.20 bits per heavy atom. The van der Waals surface area contributed by atoms with Gasteiger partial charge in [-0.2, -0.15) is 0 Å². The number of anilines is 1. The molecular weight excluding hydrogens is 320 g/mol. The second-order valence-electron chi connectivity index (χ2n) is 4.48. The molecule has 2 rings (SSSR count). The average Bonchev–Trinajstić information content (AvgIpc) is 2.64. The molecule has 0 N–H and O–H groups in total. The standard InChI is InChI=1S/C15H15BrN2O2/c1-3-7-17(8-4-2)10-18-13-6-5-11(16)9-12(13)14(19)15(18)20/h3-6,9H,1-2,7-8,10H2. The predicted octanol–water partition coefficient (Wildman–Crippen LogP) is 2.61. The van der Waals surface area contributed by atoms with Crippen LogP contribution in [0.2, 0.25) is 0 Å². The lowest BCUT2D eigenvalue weighted by molar-refractivity contribution is -0.114. The largest absolute Gasteiger partial charge is 0.300 e. The van der Waals surface area contributed by atoms with E-state index in [0.717, 1.165) is 4.47 Å². The Hall–Kier alpha value is -1.72. The van der Waals surface area contributed by atoms with Crippen LogP contribution in [0.5, 0.6) is 0 Å². The third-order valence-corrected chi connectivity index (χ3v) is 3.54. The van der Waals surface area contributed by atoms with E-state index in [0.29, 0.717) is 31.0 Å². The van der Waals surface area contributed by atoms with Crippen molar-refractivity contribution >= 4 is 33.3 Å². The minimum atomic E-state index is -0.490. The van der Waals surface area contributed by atoms with E-state index < -0.39 is 11.7 Å². The van der Waals surface area contributed by atoms with E-state index in [1.807, 2.05) is 11.0 Å². The number of fused-ring (bicyclic) bond motifs is 1. The predicted molar refractivity (Wildman–Crippen MR) is 82.8 cm³/mol. The average molecular weight is 335 g/mol. The minimum absolute atomic E-state index is 0.344. The van der Waals surface area contributed by atoms with E-state index in [1.54, 1.807) is 24.3 Å². The van der Waals surface area contributed by atoms with Crippen molar-refractivity contribution in [1.82, 2.24) is 4.90 Å². The molecular formula is C15H15BrN2O2. The Bertz CT molecular complexity index is 573. The maximum Gasteiger partial charge on any atom is 0.300 e. The summed E-state index contributed by atoms with van der Waals surface area (Å²) in [5.74, 6) is -0.949. The first kappa shape index (κ1) is 14.7. The van der Waals surface area contributed by atoms with Crippen LogP contribution in [0.1, 0.15) is 10.4 Å². The molecule has 0 spiro atoms. The van der Waals surface area contributed by atoms with Crippen LogP contribution in [0.3, 0.4) is 0 Å². The molecule has 1 aromatic rings. The Morgan fingerprint density at radius 3 is 2.45 bits per heavy atom. The lowest BCUT2D eigenvalue weighted by Crippen LogP contribution is -2.41. The Labute approximate surface area is 126 Å². The van der Waals surface area contributed by atoms with Crippen LogP contribution in [-0.2, 0) is 4.79 Å². The highest BCUT2D eigenvalue weighted by Crippen LogP contribution is 2.31. The zero-order valence-corrected chi connectivity index (χ0v) is 12.6.